The predicted molar refractivity (Wildman–Crippen MR) is 83.1 cm³/mol. The topological polar surface area (TPSA) is 41.3 Å². The van der Waals surface area contributed by atoms with Gasteiger partial charge in [-0.1, -0.05) is 13.0 Å². The second kappa shape index (κ2) is 6.86. The monoisotopic (exact) mass is 275 g/mol. The van der Waals surface area contributed by atoms with Crippen molar-refractivity contribution in [1.29, 1.82) is 0 Å². The Morgan fingerprint density at radius 3 is 2.75 bits per heavy atom. The van der Waals surface area contributed by atoms with E-state index in [-0.39, 0.29) is 6.61 Å². The van der Waals surface area contributed by atoms with E-state index in [4.69, 9.17) is 10.1 Å². The van der Waals surface area contributed by atoms with Crippen LogP contribution in [-0.2, 0) is 19.4 Å². The van der Waals surface area contributed by atoms with E-state index < -0.39 is 0 Å². The van der Waals surface area contributed by atoms with Gasteiger partial charge in [-0.15, -0.1) is 0 Å². The number of hydrogen-bond acceptors (Lipinski definition) is 3. The molecule has 110 valence electrons. The Labute approximate surface area is 121 Å². The van der Waals surface area contributed by atoms with Crippen LogP contribution in [0.5, 0.6) is 0 Å². The molecule has 0 amide bonds. The molecule has 1 N–H and O–H groups in total. The molecule has 2 rings (SSSR count). The molecule has 2 aromatic rings. The van der Waals surface area contributed by atoms with Gasteiger partial charge in [0.15, 0.2) is 0 Å². The van der Waals surface area contributed by atoms with E-state index in [0.717, 1.165) is 43.7 Å². The number of rotatable bonds is 7. The summed E-state index contributed by atoms with van der Waals surface area (Å²) in [5, 5.41) is 9.05. The van der Waals surface area contributed by atoms with Crippen molar-refractivity contribution >= 4 is 11.0 Å². The zero-order valence-corrected chi connectivity index (χ0v) is 12.8. The number of fused-ring (bicyclic) bond motifs is 1. The highest BCUT2D eigenvalue weighted by atomic mass is 16.2. The summed E-state index contributed by atoms with van der Waals surface area (Å²) in [5.74, 6) is 1.09. The smallest absolute Gasteiger partial charge is 0.109 e. The third kappa shape index (κ3) is 3.38. The highest BCUT2D eigenvalue weighted by Gasteiger charge is 2.11. The fourth-order valence-electron chi connectivity index (χ4n) is 2.42. The molecule has 0 aliphatic carbocycles. The van der Waals surface area contributed by atoms with E-state index in [9.17, 15) is 0 Å². The van der Waals surface area contributed by atoms with E-state index in [2.05, 4.69) is 48.7 Å². The van der Waals surface area contributed by atoms with E-state index in [1.807, 2.05) is 0 Å². The summed E-state index contributed by atoms with van der Waals surface area (Å²) >= 11 is 0. The van der Waals surface area contributed by atoms with Crippen molar-refractivity contribution in [3.8, 4) is 0 Å². The SMILES string of the molecule is CCc1ccc2c(c1)nc(CCCO)n2CCN(C)C. The minimum atomic E-state index is 0.219. The highest BCUT2D eigenvalue weighted by Crippen LogP contribution is 2.19. The molecule has 4 heteroatoms. The molecule has 0 spiro atoms. The van der Waals surface area contributed by atoms with Crippen LogP contribution in [0.25, 0.3) is 11.0 Å². The number of aliphatic hydroxyl groups is 1. The lowest BCUT2D eigenvalue weighted by molar-refractivity contribution is 0.286. The van der Waals surface area contributed by atoms with Crippen LogP contribution in [0, 0.1) is 0 Å². The first kappa shape index (κ1) is 15.0. The largest absolute Gasteiger partial charge is 0.396 e. The van der Waals surface area contributed by atoms with Crippen LogP contribution < -0.4 is 0 Å². The first-order valence-corrected chi connectivity index (χ1v) is 7.39. The standard InChI is InChI=1S/C16H25N3O/c1-4-13-7-8-15-14(12-13)17-16(6-5-11-20)19(15)10-9-18(2)3/h7-8,12,20H,4-6,9-11H2,1-3H3. The highest BCUT2D eigenvalue weighted by molar-refractivity contribution is 5.77. The predicted octanol–water partition coefficient (Wildman–Crippen LogP) is 2.09. The van der Waals surface area contributed by atoms with Crippen LogP contribution in [0.2, 0.25) is 0 Å². The summed E-state index contributed by atoms with van der Waals surface area (Å²) in [6, 6.07) is 6.55. The Hall–Kier alpha value is -1.39. The Balaban J connectivity index is 2.37. The number of nitrogens with zero attached hydrogens (tertiary/aromatic N) is 3. The summed E-state index contributed by atoms with van der Waals surface area (Å²) in [5.41, 5.74) is 3.61. The van der Waals surface area contributed by atoms with Crippen LogP contribution in [0.4, 0.5) is 0 Å². The molecule has 0 saturated heterocycles. The number of imidazole rings is 1. The lowest BCUT2D eigenvalue weighted by atomic mass is 10.1. The third-order valence-electron chi connectivity index (χ3n) is 3.63. The van der Waals surface area contributed by atoms with Gasteiger partial charge in [-0.3, -0.25) is 0 Å². The molecule has 0 saturated carbocycles. The lowest BCUT2D eigenvalue weighted by Crippen LogP contribution is -2.19. The average Bonchev–Trinajstić information content (AvgIpc) is 2.79. The molecule has 0 atom stereocenters. The fourth-order valence-corrected chi connectivity index (χ4v) is 2.42. The molecule has 20 heavy (non-hydrogen) atoms. The Bertz CT molecular complexity index is 560. The third-order valence-corrected chi connectivity index (χ3v) is 3.63. The Morgan fingerprint density at radius 2 is 2.10 bits per heavy atom. The van der Waals surface area contributed by atoms with Gasteiger partial charge in [-0.2, -0.15) is 0 Å². The summed E-state index contributed by atoms with van der Waals surface area (Å²) < 4.78 is 2.30. The first-order valence-electron chi connectivity index (χ1n) is 7.39. The molecular weight excluding hydrogens is 250 g/mol. The minimum Gasteiger partial charge on any atom is -0.396 e. The summed E-state index contributed by atoms with van der Waals surface area (Å²) in [4.78, 5) is 6.95. The van der Waals surface area contributed by atoms with E-state index in [0.29, 0.717) is 0 Å². The van der Waals surface area contributed by atoms with Crippen LogP contribution in [0.15, 0.2) is 18.2 Å². The van der Waals surface area contributed by atoms with Gasteiger partial charge >= 0.3 is 0 Å². The molecule has 0 bridgehead atoms. The van der Waals surface area contributed by atoms with Crippen LogP contribution in [0.1, 0.15) is 24.7 Å². The fraction of sp³-hybridized carbons (Fsp3) is 0.562. The lowest BCUT2D eigenvalue weighted by Gasteiger charge is -2.13. The van der Waals surface area contributed by atoms with Crippen molar-refractivity contribution in [2.24, 2.45) is 0 Å². The van der Waals surface area contributed by atoms with E-state index in [1.54, 1.807) is 0 Å². The number of likely N-dealkylation sites (N-methyl/N-ethyl adjacent to an activating group) is 1. The number of aromatic nitrogens is 2. The number of hydrogen-bond donors (Lipinski definition) is 1. The van der Waals surface area contributed by atoms with Gasteiger partial charge in [0, 0.05) is 26.1 Å². The molecule has 0 fully saturated rings. The van der Waals surface area contributed by atoms with E-state index >= 15 is 0 Å². The van der Waals surface area contributed by atoms with Crippen molar-refractivity contribution in [2.45, 2.75) is 32.7 Å². The van der Waals surface area contributed by atoms with Crippen molar-refractivity contribution in [3.05, 3.63) is 29.6 Å². The summed E-state index contributed by atoms with van der Waals surface area (Å²) in [6.45, 7) is 4.32. The van der Waals surface area contributed by atoms with Crippen LogP contribution in [-0.4, -0.2) is 46.8 Å². The summed E-state index contributed by atoms with van der Waals surface area (Å²) in [7, 11) is 4.17. The molecule has 0 unspecified atom stereocenters. The number of benzene rings is 1. The van der Waals surface area contributed by atoms with Crippen LogP contribution in [0.3, 0.4) is 0 Å². The molecule has 1 aromatic carbocycles. The number of aryl methyl sites for hydroxylation is 2. The quantitative estimate of drug-likeness (QED) is 0.841. The number of aliphatic hydroxyl groups excluding tert-OH is 1. The second-order valence-electron chi connectivity index (χ2n) is 5.49. The Kier molecular flexibility index (Phi) is 5.15. The maximum Gasteiger partial charge on any atom is 0.109 e. The molecular formula is C16H25N3O. The molecule has 4 nitrogen and oxygen atoms in total. The summed E-state index contributed by atoms with van der Waals surface area (Å²) in [6.07, 6.45) is 2.64. The minimum absolute atomic E-state index is 0.219. The molecule has 1 heterocycles. The van der Waals surface area contributed by atoms with E-state index in [1.165, 1.54) is 11.1 Å². The average molecular weight is 275 g/mol. The normalized spacial score (nSPS) is 11.7. The Morgan fingerprint density at radius 1 is 1.30 bits per heavy atom. The van der Waals surface area contributed by atoms with Gasteiger partial charge in [0.1, 0.15) is 5.82 Å². The molecule has 1 aromatic heterocycles. The van der Waals surface area contributed by atoms with Gasteiger partial charge in [-0.25, -0.2) is 4.98 Å². The van der Waals surface area contributed by atoms with Gasteiger partial charge in [0.2, 0.25) is 0 Å². The second-order valence-corrected chi connectivity index (χ2v) is 5.49. The first-order chi connectivity index (χ1) is 9.65. The van der Waals surface area contributed by atoms with Crippen LogP contribution >= 0.6 is 0 Å². The van der Waals surface area contributed by atoms with Gasteiger partial charge in [0.05, 0.1) is 11.0 Å². The van der Waals surface area contributed by atoms with Gasteiger partial charge in [0.25, 0.3) is 0 Å². The zero-order chi connectivity index (χ0) is 14.5. The maximum absolute atomic E-state index is 9.05. The van der Waals surface area contributed by atoms with Crippen molar-refractivity contribution < 1.29 is 5.11 Å². The van der Waals surface area contributed by atoms with Crippen molar-refractivity contribution in [3.63, 3.8) is 0 Å². The molecule has 0 aliphatic rings. The molecule has 0 radical (unpaired) electrons. The van der Waals surface area contributed by atoms with Gasteiger partial charge in [-0.05, 0) is 44.6 Å². The van der Waals surface area contributed by atoms with Crippen molar-refractivity contribution in [2.75, 3.05) is 27.2 Å². The van der Waals surface area contributed by atoms with Crippen molar-refractivity contribution in [1.82, 2.24) is 14.5 Å². The molecule has 0 aliphatic heterocycles. The zero-order valence-electron chi connectivity index (χ0n) is 12.8. The maximum atomic E-state index is 9.05. The van der Waals surface area contributed by atoms with Gasteiger partial charge < -0.3 is 14.6 Å².